The van der Waals surface area contributed by atoms with Crippen LogP contribution < -0.4 is 0 Å². The average molecular weight is 1210 g/mol. The van der Waals surface area contributed by atoms with Crippen molar-refractivity contribution in [1.82, 2.24) is 0 Å². The van der Waals surface area contributed by atoms with Crippen LogP contribution in [0.1, 0.15) is 13.8 Å². The van der Waals surface area contributed by atoms with Crippen molar-refractivity contribution < 1.29 is 0 Å². The van der Waals surface area contributed by atoms with E-state index in [1.54, 1.807) is 0 Å². The second kappa shape index (κ2) is 15.3. The topological polar surface area (TPSA) is 0 Å². The fourth-order valence-corrected chi connectivity index (χ4v) is 2.34. The lowest BCUT2D eigenvalue weighted by Crippen LogP contribution is -1.74. The first-order chi connectivity index (χ1) is 11.1. The zero-order chi connectivity index (χ0) is 18.9. The van der Waals surface area contributed by atoms with Gasteiger partial charge in [0.15, 0.2) is 0 Å². The van der Waals surface area contributed by atoms with E-state index in [0.29, 0.717) is 0 Å². The molecule has 0 radical (unpaired) electrons. The van der Waals surface area contributed by atoms with Crippen LogP contribution in [0.4, 0.5) is 0 Å². The fourth-order valence-electron chi connectivity index (χ4n) is 0.721. The van der Waals surface area contributed by atoms with Crippen molar-refractivity contribution in [3.63, 3.8) is 0 Å². The highest BCUT2D eigenvalue weighted by atomic mass is 127. The van der Waals surface area contributed by atoms with Gasteiger partial charge in [-0.05, 0) is 195 Å². The summed E-state index contributed by atoms with van der Waals surface area (Å²) >= 11 is 18.0. The zero-order valence-corrected chi connectivity index (χ0v) is 29.3. The van der Waals surface area contributed by atoms with Gasteiger partial charge in [0, 0.05) is 7.16 Å². The third-order valence-corrected chi connectivity index (χ3v) is 12.4. The van der Waals surface area contributed by atoms with Crippen LogP contribution in [-0.2, 0) is 0 Å². The van der Waals surface area contributed by atoms with Gasteiger partial charge in [-0.15, -0.1) is 0 Å². The molecule has 0 aromatic heterocycles. The van der Waals surface area contributed by atoms with Gasteiger partial charge in [0.1, 0.15) is 0 Å². The first-order valence-corrected chi connectivity index (χ1v) is 14.4. The summed E-state index contributed by atoms with van der Waals surface area (Å²) in [5, 5.41) is 0. The van der Waals surface area contributed by atoms with Gasteiger partial charge < -0.3 is 0 Å². The number of rotatable bonds is 0. The smallest absolute Gasteiger partial charge is 0.0537 e. The molecule has 0 unspecified atom stereocenters. The number of hydrogen-bond donors (Lipinski definition) is 0. The minimum atomic E-state index is 0.944. The molecule has 24 heavy (non-hydrogen) atoms. The van der Waals surface area contributed by atoms with Gasteiger partial charge >= 0.3 is 0 Å². The van der Waals surface area contributed by atoms with Gasteiger partial charge in [0.2, 0.25) is 0 Å². The Kier molecular flexibility index (Phi) is 17.6. The molecule has 0 bridgehead atoms. The minimum Gasteiger partial charge on any atom is -0.0537 e. The summed E-state index contributed by atoms with van der Waals surface area (Å²) in [6, 6.07) is 0. The van der Waals surface area contributed by atoms with Gasteiger partial charge in [-0.25, -0.2) is 0 Å². The average Bonchev–Trinajstić information content (AvgIpc) is 2.53. The van der Waals surface area contributed by atoms with E-state index < -0.39 is 0 Å². The molecule has 0 fully saturated rings. The fraction of sp³-hybridized carbons (Fsp3) is 0.125. The van der Waals surface area contributed by atoms with Crippen LogP contribution in [0.5, 0.6) is 0 Å². The van der Waals surface area contributed by atoms with Gasteiger partial charge in [-0.2, -0.15) is 0 Å². The first kappa shape index (κ1) is 27.5. The highest BCUT2D eigenvalue weighted by Crippen LogP contribution is 2.23. The molecule has 0 spiro atoms. The molecular weight excluding hydrogens is 1210 g/mol. The molecule has 8 heteroatoms. The van der Waals surface area contributed by atoms with Crippen molar-refractivity contribution in [2.24, 2.45) is 0 Å². The minimum absolute atomic E-state index is 0.944. The standard InChI is InChI=1S/C16H6I8/c1-9(17)11(19)3-5-13(21)15(23)7-8-16(24)14(22)6-4-12(20)10(2)18/h1-2H3/b11-9+,12-10+,15-13+,16-14+. The van der Waals surface area contributed by atoms with Crippen LogP contribution in [0, 0.1) is 35.5 Å². The van der Waals surface area contributed by atoms with Crippen LogP contribution in [0.2, 0.25) is 0 Å². The lowest BCUT2D eigenvalue weighted by molar-refractivity contribution is 1.73. The first-order valence-electron chi connectivity index (χ1n) is 5.76. The molecule has 0 aliphatic heterocycles. The molecule has 0 saturated carbocycles. The van der Waals surface area contributed by atoms with E-state index in [0.717, 1.165) is 21.5 Å². The highest BCUT2D eigenvalue weighted by molar-refractivity contribution is 14.1. The summed E-state index contributed by atoms with van der Waals surface area (Å²) in [4.78, 5) is 0. The molecule has 0 nitrogen and oxygen atoms in total. The maximum Gasteiger partial charge on any atom is 0.0851 e. The molecule has 0 N–H and O–H groups in total. The van der Waals surface area contributed by atoms with Gasteiger partial charge in [-0.1, -0.05) is 35.5 Å². The molecule has 0 aromatic rings. The molecule has 0 saturated heterocycles. The van der Waals surface area contributed by atoms with E-state index in [1.165, 1.54) is 7.16 Å². The molecule has 0 atom stereocenters. The Labute approximate surface area is 253 Å². The summed E-state index contributed by atoms with van der Waals surface area (Å²) in [5.41, 5.74) is 0. The Morgan fingerprint density at radius 1 is 0.375 bits per heavy atom. The largest absolute Gasteiger partial charge is 0.0851 e. The third kappa shape index (κ3) is 12.8. The lowest BCUT2D eigenvalue weighted by Gasteiger charge is -1.91. The number of hydrogen-bond acceptors (Lipinski definition) is 0. The van der Waals surface area contributed by atoms with Crippen molar-refractivity contribution in [2.75, 3.05) is 0 Å². The Bertz CT molecular complexity index is 745. The molecular formula is C16H6I8. The third-order valence-electron chi connectivity index (χ3n) is 1.84. The van der Waals surface area contributed by atoms with E-state index in [2.05, 4.69) is 216 Å². The summed E-state index contributed by atoms with van der Waals surface area (Å²) in [6.45, 7) is 4.09. The summed E-state index contributed by atoms with van der Waals surface area (Å²) < 4.78 is 8.31. The van der Waals surface area contributed by atoms with Crippen molar-refractivity contribution in [2.45, 2.75) is 13.8 Å². The van der Waals surface area contributed by atoms with Crippen molar-refractivity contribution >= 4 is 181 Å². The summed E-state index contributed by atoms with van der Waals surface area (Å²) in [6.07, 6.45) is 0. The van der Waals surface area contributed by atoms with Crippen LogP contribution in [0.3, 0.4) is 0 Å². The Morgan fingerprint density at radius 2 is 0.542 bits per heavy atom. The monoisotopic (exact) mass is 1210 g/mol. The maximum absolute atomic E-state index is 3.16. The molecule has 126 valence electrons. The lowest BCUT2D eigenvalue weighted by atomic mass is 10.4. The van der Waals surface area contributed by atoms with E-state index >= 15 is 0 Å². The second-order valence-corrected chi connectivity index (χ2v) is 13.4. The molecule has 0 heterocycles. The molecule has 0 aromatic carbocycles. The van der Waals surface area contributed by atoms with E-state index in [-0.39, 0.29) is 0 Å². The summed E-state index contributed by atoms with van der Waals surface area (Å²) in [7, 11) is 0. The SMILES string of the molecule is C/C(I)=C(\I)C#C/C(I)=C(\I)C#C/C(I)=C(\I)C#C/C(I)=C(/C)I. The Morgan fingerprint density at radius 3 is 0.708 bits per heavy atom. The number of halogens is 8. The predicted octanol–water partition coefficient (Wildman–Crippen LogP) is 9.36. The van der Waals surface area contributed by atoms with E-state index in [4.69, 9.17) is 0 Å². The predicted molar refractivity (Wildman–Crippen MR) is 175 cm³/mol. The molecule has 0 amide bonds. The van der Waals surface area contributed by atoms with Crippen molar-refractivity contribution in [3.8, 4) is 35.5 Å². The van der Waals surface area contributed by atoms with Crippen LogP contribution in [-0.4, -0.2) is 0 Å². The van der Waals surface area contributed by atoms with E-state index in [9.17, 15) is 0 Å². The quantitative estimate of drug-likeness (QED) is 0.168. The summed E-state index contributed by atoms with van der Waals surface area (Å²) in [5.74, 6) is 18.9. The van der Waals surface area contributed by atoms with Gasteiger partial charge in [-0.3, -0.25) is 0 Å². The van der Waals surface area contributed by atoms with E-state index in [1.807, 2.05) is 13.8 Å². The van der Waals surface area contributed by atoms with Crippen molar-refractivity contribution in [3.05, 3.63) is 28.6 Å². The Balaban J connectivity index is 5.49. The van der Waals surface area contributed by atoms with Crippen LogP contribution in [0.15, 0.2) is 28.6 Å². The van der Waals surface area contributed by atoms with Gasteiger partial charge in [0.05, 0.1) is 21.5 Å². The molecule has 0 rings (SSSR count). The Hall–Kier alpha value is 3.48. The maximum atomic E-state index is 3.16. The molecule has 0 aliphatic rings. The zero-order valence-electron chi connectivity index (χ0n) is 12.0. The highest BCUT2D eigenvalue weighted by Gasteiger charge is 1.97. The van der Waals surface area contributed by atoms with Gasteiger partial charge in [0.25, 0.3) is 0 Å². The van der Waals surface area contributed by atoms with Crippen molar-refractivity contribution in [1.29, 1.82) is 0 Å². The normalized spacial score (nSPS) is 14.2. The second-order valence-electron chi connectivity index (χ2n) is 3.70. The molecule has 0 aliphatic carbocycles. The number of allylic oxidation sites excluding steroid dienone is 8. The van der Waals surface area contributed by atoms with Crippen LogP contribution in [0.25, 0.3) is 0 Å². The van der Waals surface area contributed by atoms with Crippen LogP contribution >= 0.6 is 181 Å².